The molecule has 0 bridgehead atoms. The van der Waals surface area contributed by atoms with Crippen LogP contribution >= 0.6 is 0 Å². The van der Waals surface area contributed by atoms with Crippen LogP contribution in [0.1, 0.15) is 93.4 Å². The van der Waals surface area contributed by atoms with E-state index in [1.807, 2.05) is 6.08 Å². The van der Waals surface area contributed by atoms with Crippen molar-refractivity contribution in [1.82, 2.24) is 0 Å². The van der Waals surface area contributed by atoms with Gasteiger partial charge in [-0.1, -0.05) is 66.2 Å². The standard InChI is InChI=1S/C29H46O2/c1-18(2)20(4)8-9-21(5)23-10-11-24-22-16-26(30)29(31)17-19(3)12-15-28(29,7)25(22)13-14-27(23,24)6/h8-9,16,18-21,23-25,31H,10-15,17H2,1-7H3/b9-8+/t19-,20-,21+,23+,24?,25?,27+,28+,29-/m0/s1. The fourth-order valence-electron chi connectivity index (χ4n) is 8.20. The predicted octanol–water partition coefficient (Wildman–Crippen LogP) is 6.98. The fourth-order valence-corrected chi connectivity index (χ4v) is 8.20. The molecule has 31 heavy (non-hydrogen) atoms. The van der Waals surface area contributed by atoms with Gasteiger partial charge in [0.25, 0.3) is 0 Å². The number of hydrogen-bond acceptors (Lipinski definition) is 2. The summed E-state index contributed by atoms with van der Waals surface area (Å²) in [5.74, 6) is 3.91. The number of fused-ring (bicyclic) bond motifs is 5. The van der Waals surface area contributed by atoms with Crippen LogP contribution in [0.3, 0.4) is 0 Å². The van der Waals surface area contributed by atoms with Crippen molar-refractivity contribution in [2.75, 3.05) is 0 Å². The van der Waals surface area contributed by atoms with Crippen LogP contribution in [0, 0.1) is 52.3 Å². The van der Waals surface area contributed by atoms with Crippen LogP contribution in [0.25, 0.3) is 0 Å². The lowest BCUT2D eigenvalue weighted by Crippen LogP contribution is -2.63. The summed E-state index contributed by atoms with van der Waals surface area (Å²) in [5.41, 5.74) is 0.266. The highest BCUT2D eigenvalue weighted by Gasteiger charge is 2.64. The first-order chi connectivity index (χ1) is 14.4. The average Bonchev–Trinajstić information content (AvgIpc) is 3.05. The fraction of sp³-hybridized carbons (Fsp3) is 0.828. The van der Waals surface area contributed by atoms with Crippen molar-refractivity contribution in [3.63, 3.8) is 0 Å². The Hall–Kier alpha value is -0.890. The van der Waals surface area contributed by atoms with Crippen molar-refractivity contribution < 1.29 is 9.90 Å². The quantitative estimate of drug-likeness (QED) is 0.492. The van der Waals surface area contributed by atoms with Crippen LogP contribution in [-0.2, 0) is 4.79 Å². The molecule has 9 atom stereocenters. The summed E-state index contributed by atoms with van der Waals surface area (Å²) in [6.07, 6.45) is 14.5. The number of hydrogen-bond donors (Lipinski definition) is 1. The first-order valence-electron chi connectivity index (χ1n) is 13.1. The molecule has 0 aromatic heterocycles. The maximum absolute atomic E-state index is 13.4. The molecule has 2 nitrogen and oxygen atoms in total. The summed E-state index contributed by atoms with van der Waals surface area (Å²) in [5, 5.41) is 11.6. The van der Waals surface area contributed by atoms with Crippen LogP contribution in [0.5, 0.6) is 0 Å². The Morgan fingerprint density at radius 3 is 2.39 bits per heavy atom. The maximum Gasteiger partial charge on any atom is 0.187 e. The number of ketones is 1. The maximum atomic E-state index is 13.4. The molecule has 0 aliphatic heterocycles. The Morgan fingerprint density at radius 1 is 1.00 bits per heavy atom. The minimum Gasteiger partial charge on any atom is -0.381 e. The average molecular weight is 427 g/mol. The molecule has 4 aliphatic rings. The van der Waals surface area contributed by atoms with Gasteiger partial charge in [-0.05, 0) is 97.9 Å². The van der Waals surface area contributed by atoms with E-state index in [0.29, 0.717) is 47.8 Å². The van der Waals surface area contributed by atoms with Crippen molar-refractivity contribution in [3.8, 4) is 0 Å². The van der Waals surface area contributed by atoms with E-state index in [1.165, 1.54) is 24.8 Å². The highest BCUT2D eigenvalue weighted by molar-refractivity contribution is 5.99. The predicted molar refractivity (Wildman–Crippen MR) is 129 cm³/mol. The second-order valence-corrected chi connectivity index (χ2v) is 12.8. The van der Waals surface area contributed by atoms with Crippen molar-refractivity contribution in [2.24, 2.45) is 52.3 Å². The van der Waals surface area contributed by atoms with Gasteiger partial charge in [-0.3, -0.25) is 4.79 Å². The van der Waals surface area contributed by atoms with Gasteiger partial charge in [-0.15, -0.1) is 0 Å². The van der Waals surface area contributed by atoms with E-state index in [4.69, 9.17) is 0 Å². The molecule has 3 fully saturated rings. The molecule has 0 saturated heterocycles. The SMILES string of the molecule is CC(C)[C@@H](C)/C=C/[C@@H](C)[C@H]1CCC2C3=CC(=O)[C@@]4(O)C[C@@H](C)CC[C@]4(C)C3CC[C@@]21C. The Bertz CT molecular complexity index is 778. The molecule has 0 spiro atoms. The summed E-state index contributed by atoms with van der Waals surface area (Å²) in [6, 6.07) is 0. The molecule has 174 valence electrons. The number of allylic oxidation sites excluding steroid dienone is 3. The van der Waals surface area contributed by atoms with Crippen molar-refractivity contribution in [3.05, 3.63) is 23.8 Å². The van der Waals surface area contributed by atoms with Gasteiger partial charge in [0.2, 0.25) is 0 Å². The van der Waals surface area contributed by atoms with Gasteiger partial charge in [-0.2, -0.15) is 0 Å². The lowest BCUT2D eigenvalue weighted by Gasteiger charge is -2.60. The highest BCUT2D eigenvalue weighted by atomic mass is 16.3. The summed E-state index contributed by atoms with van der Waals surface area (Å²) >= 11 is 0. The monoisotopic (exact) mass is 426 g/mol. The molecular weight excluding hydrogens is 380 g/mol. The van der Waals surface area contributed by atoms with Crippen LogP contribution < -0.4 is 0 Å². The molecule has 0 aromatic rings. The van der Waals surface area contributed by atoms with E-state index >= 15 is 0 Å². The smallest absolute Gasteiger partial charge is 0.187 e. The molecule has 4 rings (SSSR count). The van der Waals surface area contributed by atoms with Gasteiger partial charge in [0.05, 0.1) is 0 Å². The Kier molecular flexibility index (Phi) is 5.90. The Balaban J connectivity index is 1.62. The highest BCUT2D eigenvalue weighted by Crippen LogP contribution is 2.67. The Labute approximate surface area is 191 Å². The second kappa shape index (κ2) is 7.86. The zero-order valence-corrected chi connectivity index (χ0v) is 21.1. The normalized spacial score (nSPS) is 47.0. The zero-order valence-electron chi connectivity index (χ0n) is 21.1. The van der Waals surface area contributed by atoms with Gasteiger partial charge in [0.15, 0.2) is 5.78 Å². The number of rotatable bonds is 4. The molecule has 1 N–H and O–H groups in total. The van der Waals surface area contributed by atoms with Gasteiger partial charge in [-0.25, -0.2) is 0 Å². The van der Waals surface area contributed by atoms with Crippen LogP contribution in [0.15, 0.2) is 23.8 Å². The van der Waals surface area contributed by atoms with Crippen molar-refractivity contribution >= 4 is 5.78 Å². The summed E-state index contributed by atoms with van der Waals surface area (Å²) in [4.78, 5) is 13.4. The summed E-state index contributed by atoms with van der Waals surface area (Å²) in [6.45, 7) is 16.3. The molecule has 4 aliphatic carbocycles. The number of carbonyl (C=O) groups is 1. The van der Waals surface area contributed by atoms with E-state index in [9.17, 15) is 9.90 Å². The molecule has 0 amide bonds. The largest absolute Gasteiger partial charge is 0.381 e. The number of carbonyl (C=O) groups excluding carboxylic acids is 1. The zero-order chi connectivity index (χ0) is 22.8. The topological polar surface area (TPSA) is 37.3 Å². The van der Waals surface area contributed by atoms with E-state index in [1.54, 1.807) is 0 Å². The van der Waals surface area contributed by atoms with Crippen LogP contribution in [-0.4, -0.2) is 16.5 Å². The first-order valence-corrected chi connectivity index (χ1v) is 13.1. The third-order valence-electron chi connectivity index (χ3n) is 10.8. The van der Waals surface area contributed by atoms with Crippen LogP contribution in [0.4, 0.5) is 0 Å². The van der Waals surface area contributed by atoms with Crippen molar-refractivity contribution in [2.45, 2.75) is 99.0 Å². The molecule has 2 heteroatoms. The number of aliphatic hydroxyl groups is 1. The summed E-state index contributed by atoms with van der Waals surface area (Å²) < 4.78 is 0. The molecule has 0 aromatic carbocycles. The minimum absolute atomic E-state index is 0.0132. The molecule has 2 unspecified atom stereocenters. The van der Waals surface area contributed by atoms with Gasteiger partial charge in [0.1, 0.15) is 5.60 Å². The molecular formula is C29H46O2. The molecule has 3 saturated carbocycles. The summed E-state index contributed by atoms with van der Waals surface area (Å²) in [7, 11) is 0. The van der Waals surface area contributed by atoms with Crippen molar-refractivity contribution in [1.29, 1.82) is 0 Å². The van der Waals surface area contributed by atoms with Gasteiger partial charge >= 0.3 is 0 Å². The van der Waals surface area contributed by atoms with Gasteiger partial charge < -0.3 is 5.11 Å². The lowest BCUT2D eigenvalue weighted by molar-refractivity contribution is -0.174. The second-order valence-electron chi connectivity index (χ2n) is 12.8. The van der Waals surface area contributed by atoms with E-state index in [-0.39, 0.29) is 16.6 Å². The van der Waals surface area contributed by atoms with Gasteiger partial charge in [0, 0.05) is 5.41 Å². The van der Waals surface area contributed by atoms with Crippen LogP contribution in [0.2, 0.25) is 0 Å². The first kappa shape index (κ1) is 23.3. The van der Waals surface area contributed by atoms with E-state index < -0.39 is 5.60 Å². The Morgan fingerprint density at radius 2 is 1.71 bits per heavy atom. The molecule has 0 heterocycles. The minimum atomic E-state index is -1.15. The lowest BCUT2D eigenvalue weighted by atomic mass is 9.45. The third kappa shape index (κ3) is 3.42. The third-order valence-corrected chi connectivity index (χ3v) is 10.8. The van der Waals surface area contributed by atoms with E-state index in [2.05, 4.69) is 60.6 Å². The molecule has 0 radical (unpaired) electrons. The van der Waals surface area contributed by atoms with E-state index in [0.717, 1.165) is 19.3 Å².